The van der Waals surface area contributed by atoms with Crippen molar-refractivity contribution in [3.05, 3.63) is 36.1 Å². The van der Waals surface area contributed by atoms with Gasteiger partial charge >= 0.3 is 0 Å². The van der Waals surface area contributed by atoms with Crippen LogP contribution < -0.4 is 4.90 Å². The summed E-state index contributed by atoms with van der Waals surface area (Å²) in [6.45, 7) is 1.85. The van der Waals surface area contributed by atoms with Gasteiger partial charge in [-0.05, 0) is 25.0 Å². The molecule has 2 aromatic heterocycles. The summed E-state index contributed by atoms with van der Waals surface area (Å²) in [6.07, 6.45) is 2.47. The third-order valence-electron chi connectivity index (χ3n) is 4.11. The zero-order valence-electron chi connectivity index (χ0n) is 14.2. The van der Waals surface area contributed by atoms with E-state index in [0.717, 1.165) is 18.2 Å². The summed E-state index contributed by atoms with van der Waals surface area (Å²) in [5, 5.41) is 9.81. The molecule has 0 radical (unpaired) electrons. The Hall–Kier alpha value is -2.19. The molecular weight excluding hydrogens is 370 g/mol. The summed E-state index contributed by atoms with van der Waals surface area (Å²) in [5.41, 5.74) is 0.706. The highest BCUT2D eigenvalue weighted by Crippen LogP contribution is 2.36. The minimum absolute atomic E-state index is 0.0681. The number of carbonyl (C=O) groups is 2. The van der Waals surface area contributed by atoms with E-state index in [9.17, 15) is 9.59 Å². The van der Waals surface area contributed by atoms with Gasteiger partial charge in [-0.2, -0.15) is 0 Å². The summed E-state index contributed by atoms with van der Waals surface area (Å²) in [6, 6.07) is 9.56. The van der Waals surface area contributed by atoms with Gasteiger partial charge in [0.25, 0.3) is 0 Å². The van der Waals surface area contributed by atoms with Crippen LogP contribution in [0.3, 0.4) is 0 Å². The number of anilines is 1. The predicted molar refractivity (Wildman–Crippen MR) is 102 cm³/mol. The Bertz CT molecular complexity index is 928. The van der Waals surface area contributed by atoms with Gasteiger partial charge in [0.2, 0.25) is 16.8 Å². The van der Waals surface area contributed by atoms with Crippen molar-refractivity contribution in [3.8, 4) is 0 Å². The molecule has 0 spiro atoms. The molecule has 0 unspecified atom stereocenters. The van der Waals surface area contributed by atoms with Crippen LogP contribution in [0.4, 0.5) is 5.13 Å². The van der Waals surface area contributed by atoms with Gasteiger partial charge < -0.3 is 4.42 Å². The molecule has 1 amide bonds. The second-order valence-electron chi connectivity index (χ2n) is 6.06. The summed E-state index contributed by atoms with van der Waals surface area (Å²) in [4.78, 5) is 26.3. The number of fused-ring (bicyclic) bond motifs is 1. The molecule has 26 heavy (non-hydrogen) atoms. The van der Waals surface area contributed by atoms with Crippen molar-refractivity contribution < 1.29 is 14.0 Å². The quantitative estimate of drug-likeness (QED) is 0.344. The highest BCUT2D eigenvalue weighted by Gasteiger charge is 2.35. The molecule has 0 bridgehead atoms. The molecule has 3 aromatic rings. The maximum absolute atomic E-state index is 12.4. The van der Waals surface area contributed by atoms with E-state index in [1.807, 2.05) is 31.2 Å². The molecule has 1 saturated carbocycles. The van der Waals surface area contributed by atoms with Crippen molar-refractivity contribution >= 4 is 50.9 Å². The normalized spacial score (nSPS) is 13.9. The molecule has 0 aliphatic heterocycles. The Morgan fingerprint density at radius 3 is 2.85 bits per heavy atom. The third-order valence-corrected chi connectivity index (χ3v) is 6.17. The number of benzene rings is 1. The van der Waals surface area contributed by atoms with E-state index in [1.165, 1.54) is 23.1 Å². The summed E-state index contributed by atoms with van der Waals surface area (Å²) in [5.74, 6) is 0.550. The smallest absolute Gasteiger partial charge is 0.228 e. The Kier molecular flexibility index (Phi) is 4.78. The average Bonchev–Trinajstić information content (AvgIpc) is 3.21. The first-order chi connectivity index (χ1) is 12.7. The van der Waals surface area contributed by atoms with Crippen molar-refractivity contribution in [1.82, 2.24) is 10.2 Å². The fourth-order valence-corrected chi connectivity index (χ4v) is 4.45. The Morgan fingerprint density at radius 2 is 2.12 bits per heavy atom. The van der Waals surface area contributed by atoms with Gasteiger partial charge in [0.15, 0.2) is 10.1 Å². The number of nitrogens with zero attached hydrogens (tertiary/aromatic N) is 3. The number of carbonyl (C=O) groups excluding carboxylic acids is 2. The maximum atomic E-state index is 12.4. The summed E-state index contributed by atoms with van der Waals surface area (Å²) in [7, 11) is 0. The van der Waals surface area contributed by atoms with E-state index in [2.05, 4.69) is 10.2 Å². The molecule has 6 nitrogen and oxygen atoms in total. The number of Topliss-reactive ketones (excluding diaryl/α,β-unsaturated/α-hetero) is 1. The van der Waals surface area contributed by atoms with Gasteiger partial charge in [0.1, 0.15) is 5.58 Å². The monoisotopic (exact) mass is 387 g/mol. The zero-order chi connectivity index (χ0) is 18.1. The topological polar surface area (TPSA) is 76.3 Å². The van der Waals surface area contributed by atoms with E-state index in [-0.39, 0.29) is 23.5 Å². The van der Waals surface area contributed by atoms with Gasteiger partial charge in [-0.15, -0.1) is 10.2 Å². The number of rotatable bonds is 7. The van der Waals surface area contributed by atoms with E-state index >= 15 is 0 Å². The van der Waals surface area contributed by atoms with Crippen LogP contribution in [-0.4, -0.2) is 33.7 Å². The largest absolute Gasteiger partial charge is 0.453 e. The number of para-hydroxylation sites is 1. The van der Waals surface area contributed by atoms with Crippen LogP contribution in [-0.2, 0) is 4.79 Å². The second kappa shape index (κ2) is 7.20. The van der Waals surface area contributed by atoms with Gasteiger partial charge in [-0.25, -0.2) is 0 Å². The Morgan fingerprint density at radius 1 is 1.31 bits per heavy atom. The summed E-state index contributed by atoms with van der Waals surface area (Å²) < 4.78 is 6.28. The number of hydrogen-bond donors (Lipinski definition) is 0. The molecule has 8 heteroatoms. The van der Waals surface area contributed by atoms with Crippen molar-refractivity contribution in [2.45, 2.75) is 36.6 Å². The lowest BCUT2D eigenvalue weighted by atomic mass is 10.2. The molecule has 4 rings (SSSR count). The molecule has 0 N–H and O–H groups in total. The highest BCUT2D eigenvalue weighted by molar-refractivity contribution is 8.01. The number of aromatic nitrogens is 2. The van der Waals surface area contributed by atoms with Crippen LogP contribution in [0.5, 0.6) is 0 Å². The third kappa shape index (κ3) is 3.52. The standard InChI is InChI=1S/C18H17N3O3S2/c1-2-16(23)21(12-7-8-12)17-19-20-18(26-17)25-10-13(22)15-9-11-5-3-4-6-14(11)24-15/h3-6,9,12H,2,7-8,10H2,1H3. The number of hydrogen-bond acceptors (Lipinski definition) is 7. The molecule has 134 valence electrons. The molecule has 0 atom stereocenters. The van der Waals surface area contributed by atoms with Gasteiger partial charge in [-0.3, -0.25) is 14.5 Å². The van der Waals surface area contributed by atoms with Gasteiger partial charge in [-0.1, -0.05) is 48.2 Å². The lowest BCUT2D eigenvalue weighted by Gasteiger charge is -2.17. The molecule has 1 aromatic carbocycles. The second-order valence-corrected chi connectivity index (χ2v) is 8.24. The van der Waals surface area contributed by atoms with Crippen LogP contribution in [0.1, 0.15) is 36.7 Å². The van der Waals surface area contributed by atoms with E-state index in [4.69, 9.17) is 4.42 Å². The van der Waals surface area contributed by atoms with Crippen molar-refractivity contribution in [1.29, 1.82) is 0 Å². The highest BCUT2D eigenvalue weighted by atomic mass is 32.2. The van der Waals surface area contributed by atoms with Crippen LogP contribution >= 0.6 is 23.1 Å². The molecule has 1 aliphatic rings. The van der Waals surface area contributed by atoms with E-state index < -0.39 is 0 Å². The van der Waals surface area contributed by atoms with Crippen LogP contribution in [0.2, 0.25) is 0 Å². The van der Waals surface area contributed by atoms with Crippen molar-refractivity contribution in [2.24, 2.45) is 0 Å². The zero-order valence-corrected chi connectivity index (χ0v) is 15.8. The molecule has 1 aliphatic carbocycles. The van der Waals surface area contributed by atoms with Crippen LogP contribution in [0, 0.1) is 0 Å². The summed E-state index contributed by atoms with van der Waals surface area (Å²) >= 11 is 2.68. The van der Waals surface area contributed by atoms with Crippen molar-refractivity contribution in [3.63, 3.8) is 0 Å². The number of ketones is 1. The SMILES string of the molecule is CCC(=O)N(c1nnc(SCC(=O)c2cc3ccccc3o2)s1)C1CC1. The molecule has 1 fully saturated rings. The van der Waals surface area contributed by atoms with Gasteiger partial charge in [0, 0.05) is 17.8 Å². The fourth-order valence-electron chi connectivity index (χ4n) is 2.65. The molecule has 2 heterocycles. The fraction of sp³-hybridized carbons (Fsp3) is 0.333. The van der Waals surface area contributed by atoms with E-state index in [1.54, 1.807) is 11.0 Å². The predicted octanol–water partition coefficient (Wildman–Crippen LogP) is 4.16. The molecular formula is C18H17N3O3S2. The Balaban J connectivity index is 1.42. The molecule has 0 saturated heterocycles. The van der Waals surface area contributed by atoms with Crippen LogP contribution in [0.25, 0.3) is 11.0 Å². The average molecular weight is 387 g/mol. The first-order valence-electron chi connectivity index (χ1n) is 8.46. The first kappa shape index (κ1) is 17.2. The van der Waals surface area contributed by atoms with E-state index in [0.29, 0.717) is 27.2 Å². The maximum Gasteiger partial charge on any atom is 0.228 e. The first-order valence-corrected chi connectivity index (χ1v) is 10.3. The number of thioether (sulfide) groups is 1. The van der Waals surface area contributed by atoms with Gasteiger partial charge in [0.05, 0.1) is 5.75 Å². The number of furan rings is 1. The minimum atomic E-state index is -0.0911. The van der Waals surface area contributed by atoms with Crippen molar-refractivity contribution in [2.75, 3.05) is 10.7 Å². The number of amides is 1. The minimum Gasteiger partial charge on any atom is -0.453 e. The lowest BCUT2D eigenvalue weighted by molar-refractivity contribution is -0.118. The lowest BCUT2D eigenvalue weighted by Crippen LogP contribution is -2.32. The Labute approximate surface area is 158 Å². The van der Waals surface area contributed by atoms with Crippen LogP contribution in [0.15, 0.2) is 39.1 Å².